The zero-order valence-corrected chi connectivity index (χ0v) is 12.4. The van der Waals surface area contributed by atoms with Gasteiger partial charge in [-0.15, -0.1) is 0 Å². The van der Waals surface area contributed by atoms with Crippen molar-refractivity contribution in [2.24, 2.45) is 0 Å². The van der Waals surface area contributed by atoms with Crippen LogP contribution in [0.1, 0.15) is 0 Å². The van der Waals surface area contributed by atoms with Gasteiger partial charge in [0.2, 0.25) is 0 Å². The Kier molecular flexibility index (Phi) is 2.98. The van der Waals surface area contributed by atoms with Crippen LogP contribution in [0, 0.1) is 0 Å². The first-order valence-corrected chi connectivity index (χ1v) is 7.37. The van der Waals surface area contributed by atoms with E-state index in [4.69, 9.17) is 16.6 Å². The molecule has 3 aromatic carbocycles. The van der Waals surface area contributed by atoms with E-state index in [2.05, 4.69) is 0 Å². The van der Waals surface area contributed by atoms with Gasteiger partial charge in [0.1, 0.15) is 5.75 Å². The molecular weight excluding hydrogens is 294 g/mol. The maximum absolute atomic E-state index is 9.85. The molecule has 0 spiro atoms. The predicted molar refractivity (Wildman–Crippen MR) is 91.4 cm³/mol. The number of aromatic nitrogens is 1. The number of phenols is 1. The highest BCUT2D eigenvalue weighted by atomic mass is 35.5. The van der Waals surface area contributed by atoms with Crippen LogP contribution in [0.3, 0.4) is 0 Å². The quantitative estimate of drug-likeness (QED) is 0.477. The second kappa shape index (κ2) is 5.00. The van der Waals surface area contributed by atoms with E-state index in [1.807, 2.05) is 54.6 Å². The van der Waals surface area contributed by atoms with Crippen LogP contribution in [0.4, 0.5) is 0 Å². The van der Waals surface area contributed by atoms with Crippen molar-refractivity contribution in [3.05, 3.63) is 71.8 Å². The number of para-hydroxylation sites is 1. The third-order valence-corrected chi connectivity index (χ3v) is 4.05. The van der Waals surface area contributed by atoms with E-state index in [9.17, 15) is 5.11 Å². The summed E-state index contributed by atoms with van der Waals surface area (Å²) in [6.45, 7) is 0. The molecule has 0 aliphatic heterocycles. The summed E-state index contributed by atoms with van der Waals surface area (Å²) in [5.74, 6) is 0.255. The zero-order valence-electron chi connectivity index (χ0n) is 11.6. The second-order valence-electron chi connectivity index (χ2n) is 5.21. The molecule has 0 fully saturated rings. The van der Waals surface area contributed by atoms with Crippen LogP contribution in [-0.2, 0) is 0 Å². The molecule has 0 aliphatic rings. The fraction of sp³-hybridized carbons (Fsp3) is 0. The minimum Gasteiger partial charge on any atom is -0.508 e. The summed E-state index contributed by atoms with van der Waals surface area (Å²) in [7, 11) is 0. The van der Waals surface area contributed by atoms with Crippen molar-refractivity contribution in [3.8, 4) is 17.0 Å². The molecule has 0 bridgehead atoms. The highest BCUT2D eigenvalue weighted by molar-refractivity contribution is 6.30. The largest absolute Gasteiger partial charge is 0.508 e. The van der Waals surface area contributed by atoms with Crippen LogP contribution < -0.4 is 0 Å². The molecule has 0 atom stereocenters. The highest BCUT2D eigenvalue weighted by Crippen LogP contribution is 2.34. The summed E-state index contributed by atoms with van der Waals surface area (Å²) < 4.78 is 0. The number of pyridine rings is 1. The topological polar surface area (TPSA) is 33.1 Å². The Bertz CT molecular complexity index is 993. The number of benzene rings is 3. The molecule has 4 rings (SSSR count). The molecule has 0 unspecified atom stereocenters. The van der Waals surface area contributed by atoms with Crippen molar-refractivity contribution in [2.75, 3.05) is 0 Å². The summed E-state index contributed by atoms with van der Waals surface area (Å²) in [6, 6.07) is 21.0. The molecule has 1 aromatic heterocycles. The van der Waals surface area contributed by atoms with Crippen LogP contribution in [-0.4, -0.2) is 10.1 Å². The maximum Gasteiger partial charge on any atom is 0.116 e. The Balaban J connectivity index is 2.14. The molecule has 1 N–H and O–H groups in total. The molecule has 4 aromatic rings. The van der Waals surface area contributed by atoms with Crippen molar-refractivity contribution in [1.29, 1.82) is 0 Å². The Hall–Kier alpha value is -2.58. The van der Waals surface area contributed by atoms with E-state index in [0.29, 0.717) is 5.02 Å². The minimum atomic E-state index is 0.255. The van der Waals surface area contributed by atoms with Gasteiger partial charge >= 0.3 is 0 Å². The number of phenolic OH excluding ortho intramolecular Hbond substituents is 1. The van der Waals surface area contributed by atoms with Crippen LogP contribution in [0.25, 0.3) is 32.9 Å². The lowest BCUT2D eigenvalue weighted by molar-refractivity contribution is 0.476. The second-order valence-corrected chi connectivity index (χ2v) is 5.65. The van der Waals surface area contributed by atoms with E-state index in [1.54, 1.807) is 12.1 Å². The summed E-state index contributed by atoms with van der Waals surface area (Å²) in [5, 5.41) is 13.6. The van der Waals surface area contributed by atoms with Crippen LogP contribution in [0.15, 0.2) is 66.7 Å². The fourth-order valence-corrected chi connectivity index (χ4v) is 2.89. The molecule has 0 saturated heterocycles. The van der Waals surface area contributed by atoms with E-state index < -0.39 is 0 Å². The van der Waals surface area contributed by atoms with Gasteiger partial charge in [0.25, 0.3) is 0 Å². The van der Waals surface area contributed by atoms with Gasteiger partial charge in [-0.25, -0.2) is 4.98 Å². The van der Waals surface area contributed by atoms with Gasteiger partial charge in [0, 0.05) is 21.4 Å². The van der Waals surface area contributed by atoms with Gasteiger partial charge in [-0.2, -0.15) is 0 Å². The Labute approximate surface area is 132 Å². The van der Waals surface area contributed by atoms with E-state index in [1.165, 1.54) is 0 Å². The Morgan fingerprint density at radius 1 is 0.773 bits per heavy atom. The zero-order chi connectivity index (χ0) is 15.1. The average molecular weight is 306 g/mol. The van der Waals surface area contributed by atoms with Crippen LogP contribution >= 0.6 is 11.6 Å². The first-order valence-electron chi connectivity index (χ1n) is 7.00. The monoisotopic (exact) mass is 305 g/mol. The van der Waals surface area contributed by atoms with E-state index in [0.717, 1.165) is 32.9 Å². The van der Waals surface area contributed by atoms with Gasteiger partial charge < -0.3 is 5.11 Å². The lowest BCUT2D eigenvalue weighted by Crippen LogP contribution is -1.89. The molecule has 1 heterocycles. The van der Waals surface area contributed by atoms with Crippen molar-refractivity contribution >= 4 is 33.3 Å². The van der Waals surface area contributed by atoms with Crippen molar-refractivity contribution in [1.82, 2.24) is 4.98 Å². The Morgan fingerprint density at radius 3 is 2.36 bits per heavy atom. The van der Waals surface area contributed by atoms with Gasteiger partial charge in [0.15, 0.2) is 0 Å². The lowest BCUT2D eigenvalue weighted by Gasteiger charge is -2.10. The number of fused-ring (bicyclic) bond motifs is 3. The number of hydrogen-bond donors (Lipinski definition) is 1. The molecule has 0 saturated carbocycles. The summed E-state index contributed by atoms with van der Waals surface area (Å²) in [5.41, 5.74) is 2.81. The summed E-state index contributed by atoms with van der Waals surface area (Å²) >= 11 is 5.98. The smallest absolute Gasteiger partial charge is 0.116 e. The molecule has 0 amide bonds. The SMILES string of the molecule is Oc1ccc2c(-c3ccc(Cl)cc3)nc3ccccc3c2c1. The Morgan fingerprint density at radius 2 is 1.55 bits per heavy atom. The van der Waals surface area contributed by atoms with Crippen LogP contribution in [0.5, 0.6) is 5.75 Å². The predicted octanol–water partition coefficient (Wildman–Crippen LogP) is 5.41. The average Bonchev–Trinajstić information content (AvgIpc) is 2.55. The molecule has 22 heavy (non-hydrogen) atoms. The number of hydrogen-bond acceptors (Lipinski definition) is 2. The molecule has 0 radical (unpaired) electrons. The van der Waals surface area contributed by atoms with Gasteiger partial charge in [-0.3, -0.25) is 0 Å². The molecule has 3 heteroatoms. The van der Waals surface area contributed by atoms with E-state index >= 15 is 0 Å². The normalized spacial score (nSPS) is 11.1. The summed E-state index contributed by atoms with van der Waals surface area (Å²) in [6.07, 6.45) is 0. The van der Waals surface area contributed by atoms with Crippen molar-refractivity contribution in [3.63, 3.8) is 0 Å². The standard InChI is InChI=1S/C19H12ClNO/c20-13-7-5-12(6-8-13)19-16-10-9-14(22)11-17(16)15-3-1-2-4-18(15)21-19/h1-11,22H. The number of nitrogens with zero attached hydrogens (tertiary/aromatic N) is 1. The molecule has 0 aliphatic carbocycles. The summed E-state index contributed by atoms with van der Waals surface area (Å²) in [4.78, 5) is 4.81. The molecular formula is C19H12ClNO. The fourth-order valence-electron chi connectivity index (χ4n) is 2.77. The minimum absolute atomic E-state index is 0.255. The molecule has 106 valence electrons. The first-order chi connectivity index (χ1) is 10.7. The third-order valence-electron chi connectivity index (χ3n) is 3.80. The lowest BCUT2D eigenvalue weighted by atomic mass is 10.00. The number of aromatic hydroxyl groups is 1. The third kappa shape index (κ3) is 2.09. The number of rotatable bonds is 1. The van der Waals surface area contributed by atoms with Crippen molar-refractivity contribution in [2.45, 2.75) is 0 Å². The van der Waals surface area contributed by atoms with E-state index in [-0.39, 0.29) is 5.75 Å². The van der Waals surface area contributed by atoms with Crippen LogP contribution in [0.2, 0.25) is 5.02 Å². The maximum atomic E-state index is 9.85. The molecule has 2 nitrogen and oxygen atoms in total. The van der Waals surface area contributed by atoms with Crippen molar-refractivity contribution < 1.29 is 5.11 Å². The highest BCUT2D eigenvalue weighted by Gasteiger charge is 2.10. The van der Waals surface area contributed by atoms with Gasteiger partial charge in [-0.1, -0.05) is 41.9 Å². The van der Waals surface area contributed by atoms with Gasteiger partial charge in [0.05, 0.1) is 11.2 Å². The number of halogens is 1. The van der Waals surface area contributed by atoms with Gasteiger partial charge in [-0.05, 0) is 41.8 Å². The first kappa shape index (κ1) is 13.1.